The maximum atomic E-state index is 3.75. The lowest BCUT2D eigenvalue weighted by Gasteiger charge is -2.30. The third-order valence-electron chi connectivity index (χ3n) is 4.01. The minimum absolute atomic E-state index is 0.469. The van der Waals surface area contributed by atoms with Gasteiger partial charge in [-0.3, -0.25) is 0 Å². The van der Waals surface area contributed by atoms with E-state index in [2.05, 4.69) is 61.8 Å². The van der Waals surface area contributed by atoms with Crippen LogP contribution in [0.1, 0.15) is 38.3 Å². The summed E-state index contributed by atoms with van der Waals surface area (Å²) in [7, 11) is 0. The fourth-order valence-corrected chi connectivity index (χ4v) is 2.84. The molecule has 1 N–H and O–H groups in total. The monoisotopic (exact) mass is 270 g/mol. The van der Waals surface area contributed by atoms with Gasteiger partial charge in [0.2, 0.25) is 0 Å². The number of rotatable bonds is 6. The minimum atomic E-state index is 0.469. The summed E-state index contributed by atoms with van der Waals surface area (Å²) in [5, 5.41) is 3.22. The molecule has 0 atom stereocenters. The molecule has 0 bridgehead atoms. The summed E-state index contributed by atoms with van der Waals surface area (Å²) in [6, 6.07) is 7.43. The second-order valence-electron chi connectivity index (χ2n) is 5.69. The molecular formula is C18H26N2. The van der Waals surface area contributed by atoms with E-state index in [1.165, 1.54) is 41.8 Å². The first-order valence-electron chi connectivity index (χ1n) is 7.56. The molecule has 1 aromatic rings. The fourth-order valence-electron chi connectivity index (χ4n) is 2.84. The fraction of sp³-hybridized carbons (Fsp3) is 0.444. The average Bonchev–Trinajstić information content (AvgIpc) is 2.90. The number of hydrogen-bond donors (Lipinski definition) is 1. The number of nitrogens with zero attached hydrogens (tertiary/aromatic N) is 1. The van der Waals surface area contributed by atoms with E-state index in [1.54, 1.807) is 6.20 Å². The average molecular weight is 270 g/mol. The van der Waals surface area contributed by atoms with E-state index < -0.39 is 0 Å². The van der Waals surface area contributed by atoms with Gasteiger partial charge in [0.25, 0.3) is 0 Å². The first-order chi connectivity index (χ1) is 9.65. The lowest BCUT2D eigenvalue weighted by atomic mass is 10.1. The molecule has 108 valence electrons. The maximum Gasteiger partial charge on any atom is 0.0579 e. The lowest BCUT2D eigenvalue weighted by molar-refractivity contribution is 0.698. The largest absolute Gasteiger partial charge is 0.364 e. The topological polar surface area (TPSA) is 15.3 Å². The zero-order chi connectivity index (χ0) is 14.5. The molecular weight excluding hydrogens is 244 g/mol. The van der Waals surface area contributed by atoms with Crippen molar-refractivity contribution in [2.75, 3.05) is 11.4 Å². The van der Waals surface area contributed by atoms with Crippen LogP contribution in [0.25, 0.3) is 0 Å². The van der Waals surface area contributed by atoms with E-state index >= 15 is 0 Å². The maximum absolute atomic E-state index is 3.75. The summed E-state index contributed by atoms with van der Waals surface area (Å²) >= 11 is 0. The van der Waals surface area contributed by atoms with Crippen LogP contribution >= 0.6 is 0 Å². The van der Waals surface area contributed by atoms with Crippen LogP contribution in [0.5, 0.6) is 0 Å². The highest BCUT2D eigenvalue weighted by atomic mass is 15.2. The molecule has 0 amide bonds. The van der Waals surface area contributed by atoms with Gasteiger partial charge in [0.05, 0.1) is 6.54 Å². The quantitative estimate of drug-likeness (QED) is 0.839. The highest BCUT2D eigenvalue weighted by Gasteiger charge is 2.16. The van der Waals surface area contributed by atoms with Crippen LogP contribution in [-0.2, 0) is 12.8 Å². The van der Waals surface area contributed by atoms with E-state index in [0.29, 0.717) is 6.04 Å². The van der Waals surface area contributed by atoms with Gasteiger partial charge >= 0.3 is 0 Å². The molecule has 0 saturated carbocycles. The molecule has 0 fully saturated rings. The van der Waals surface area contributed by atoms with Gasteiger partial charge in [0.15, 0.2) is 0 Å². The Morgan fingerprint density at radius 3 is 2.75 bits per heavy atom. The highest BCUT2D eigenvalue weighted by molar-refractivity contribution is 5.53. The number of allylic oxidation sites excluding steroid dienone is 1. The Labute approximate surface area is 123 Å². The third-order valence-corrected chi connectivity index (χ3v) is 4.01. The van der Waals surface area contributed by atoms with Crippen molar-refractivity contribution in [3.05, 3.63) is 53.9 Å². The van der Waals surface area contributed by atoms with Gasteiger partial charge < -0.3 is 10.2 Å². The van der Waals surface area contributed by atoms with E-state index in [4.69, 9.17) is 0 Å². The first kappa shape index (κ1) is 14.7. The van der Waals surface area contributed by atoms with Crippen molar-refractivity contribution in [1.82, 2.24) is 5.32 Å². The molecule has 0 saturated heterocycles. The SMILES string of the molecule is C=CN/C(=C\C)CN(c1ccc2c(c1)CCC2)C(C)C. The Hall–Kier alpha value is -1.70. The van der Waals surface area contributed by atoms with Crippen LogP contribution in [0.15, 0.2) is 42.8 Å². The number of fused-ring (bicyclic) bond motifs is 1. The Bertz CT molecular complexity index is 500. The van der Waals surface area contributed by atoms with Gasteiger partial charge in [-0.25, -0.2) is 0 Å². The molecule has 1 aliphatic rings. The Kier molecular flexibility index (Phi) is 4.89. The molecule has 0 spiro atoms. The summed E-state index contributed by atoms with van der Waals surface area (Å²) in [6.07, 6.45) is 7.64. The summed E-state index contributed by atoms with van der Waals surface area (Å²) < 4.78 is 0. The number of benzene rings is 1. The van der Waals surface area contributed by atoms with Gasteiger partial charge in [-0.15, -0.1) is 0 Å². The normalized spacial score (nSPS) is 14.3. The van der Waals surface area contributed by atoms with E-state index in [9.17, 15) is 0 Å². The van der Waals surface area contributed by atoms with Crippen LogP contribution in [-0.4, -0.2) is 12.6 Å². The predicted molar refractivity (Wildman–Crippen MR) is 88.0 cm³/mol. The molecule has 2 nitrogen and oxygen atoms in total. The molecule has 0 heterocycles. The van der Waals surface area contributed by atoms with Gasteiger partial charge in [-0.05, 0) is 69.5 Å². The molecule has 0 unspecified atom stereocenters. The smallest absolute Gasteiger partial charge is 0.0579 e. The predicted octanol–water partition coefficient (Wildman–Crippen LogP) is 4.03. The van der Waals surface area contributed by atoms with Gasteiger partial charge in [-0.1, -0.05) is 18.7 Å². The van der Waals surface area contributed by atoms with Crippen molar-refractivity contribution in [1.29, 1.82) is 0 Å². The van der Waals surface area contributed by atoms with E-state index in [1.807, 2.05) is 0 Å². The Morgan fingerprint density at radius 1 is 1.35 bits per heavy atom. The minimum Gasteiger partial charge on any atom is -0.364 e. The highest BCUT2D eigenvalue weighted by Crippen LogP contribution is 2.28. The summed E-state index contributed by atoms with van der Waals surface area (Å²) in [6.45, 7) is 11.2. The van der Waals surface area contributed by atoms with Crippen LogP contribution in [0.3, 0.4) is 0 Å². The number of aryl methyl sites for hydroxylation is 2. The molecule has 20 heavy (non-hydrogen) atoms. The second-order valence-corrected chi connectivity index (χ2v) is 5.69. The summed E-state index contributed by atoms with van der Waals surface area (Å²) in [4.78, 5) is 2.43. The molecule has 0 aliphatic heterocycles. The Morgan fingerprint density at radius 2 is 2.10 bits per heavy atom. The standard InChI is InChI=1S/C18H26N2/c1-5-17(19-6-2)13-20(14(3)4)18-11-10-15-8-7-9-16(15)12-18/h5-6,10-12,14,19H,2,7-9,13H2,1,3-4H3/b17-5-. The van der Waals surface area contributed by atoms with E-state index in [-0.39, 0.29) is 0 Å². The van der Waals surface area contributed by atoms with Crippen LogP contribution in [0.2, 0.25) is 0 Å². The van der Waals surface area contributed by atoms with Crippen LogP contribution in [0.4, 0.5) is 5.69 Å². The molecule has 1 aromatic carbocycles. The second kappa shape index (κ2) is 6.65. The molecule has 1 aliphatic carbocycles. The van der Waals surface area contributed by atoms with Crippen molar-refractivity contribution in [2.45, 2.75) is 46.1 Å². The van der Waals surface area contributed by atoms with Crippen molar-refractivity contribution in [2.24, 2.45) is 0 Å². The van der Waals surface area contributed by atoms with Crippen LogP contribution in [0, 0.1) is 0 Å². The molecule has 2 rings (SSSR count). The first-order valence-corrected chi connectivity index (χ1v) is 7.56. The summed E-state index contributed by atoms with van der Waals surface area (Å²) in [5.41, 5.74) is 5.58. The van der Waals surface area contributed by atoms with Crippen LogP contribution < -0.4 is 10.2 Å². The van der Waals surface area contributed by atoms with Crippen molar-refractivity contribution in [3.63, 3.8) is 0 Å². The third kappa shape index (κ3) is 3.24. The van der Waals surface area contributed by atoms with Gasteiger partial charge in [0.1, 0.15) is 0 Å². The Balaban J connectivity index is 2.22. The number of nitrogens with one attached hydrogen (secondary N) is 1. The van der Waals surface area contributed by atoms with E-state index in [0.717, 1.165) is 6.54 Å². The van der Waals surface area contributed by atoms with Gasteiger partial charge in [0, 0.05) is 17.4 Å². The molecule has 2 heteroatoms. The van der Waals surface area contributed by atoms with Gasteiger partial charge in [-0.2, -0.15) is 0 Å². The number of anilines is 1. The van der Waals surface area contributed by atoms with Crippen molar-refractivity contribution >= 4 is 5.69 Å². The van der Waals surface area contributed by atoms with Crippen molar-refractivity contribution < 1.29 is 0 Å². The zero-order valence-electron chi connectivity index (χ0n) is 12.9. The summed E-state index contributed by atoms with van der Waals surface area (Å²) in [5.74, 6) is 0. The number of hydrogen-bond acceptors (Lipinski definition) is 2. The molecule has 0 radical (unpaired) electrons. The van der Waals surface area contributed by atoms with Crippen molar-refractivity contribution in [3.8, 4) is 0 Å². The lowest BCUT2D eigenvalue weighted by Crippen LogP contribution is -2.35. The molecule has 0 aromatic heterocycles. The zero-order valence-corrected chi connectivity index (χ0v) is 12.9.